The Bertz CT molecular complexity index is 436. The number of hydrogen-bond donors (Lipinski definition) is 1. The van der Waals surface area contributed by atoms with Gasteiger partial charge in [-0.3, -0.25) is 0 Å². The molecule has 4 nitrogen and oxygen atoms in total. The second-order valence-corrected chi connectivity index (χ2v) is 3.86. The van der Waals surface area contributed by atoms with E-state index in [0.29, 0.717) is 11.9 Å². The van der Waals surface area contributed by atoms with E-state index in [1.54, 1.807) is 0 Å². The largest absolute Gasteiger partial charge is 0.324 e. The lowest BCUT2D eigenvalue weighted by atomic mass is 10.0. The fourth-order valence-electron chi connectivity index (χ4n) is 1.38. The minimum Gasteiger partial charge on any atom is -0.324 e. The number of nitrogens with one attached hydrogen (secondary N) is 1. The highest BCUT2D eigenvalue weighted by Gasteiger charge is 1.99. The Hall–Kier alpha value is -1.97. The first-order valence-corrected chi connectivity index (χ1v) is 5.24. The van der Waals surface area contributed by atoms with Gasteiger partial charge in [0.15, 0.2) is 0 Å². The number of aromatic nitrogens is 3. The lowest BCUT2D eigenvalue weighted by Crippen LogP contribution is -1.97. The Morgan fingerprint density at radius 1 is 1.00 bits per heavy atom. The third-order valence-electron chi connectivity index (χ3n) is 2.33. The van der Waals surface area contributed by atoms with Gasteiger partial charge < -0.3 is 5.32 Å². The quantitative estimate of drug-likeness (QED) is 0.853. The van der Waals surface area contributed by atoms with E-state index in [1.807, 2.05) is 12.1 Å². The molecule has 0 aliphatic carbocycles. The van der Waals surface area contributed by atoms with E-state index < -0.39 is 0 Å². The van der Waals surface area contributed by atoms with Crippen molar-refractivity contribution in [2.45, 2.75) is 19.8 Å². The van der Waals surface area contributed by atoms with Crippen molar-refractivity contribution in [3.63, 3.8) is 0 Å². The summed E-state index contributed by atoms with van der Waals surface area (Å²) in [5.74, 6) is 1.11. The summed E-state index contributed by atoms with van der Waals surface area (Å²) in [4.78, 5) is 11.8. The average molecular weight is 214 g/mol. The maximum absolute atomic E-state index is 4.00. The van der Waals surface area contributed by atoms with Gasteiger partial charge >= 0.3 is 0 Å². The highest BCUT2D eigenvalue weighted by Crippen LogP contribution is 2.18. The molecule has 4 heteroatoms. The highest BCUT2D eigenvalue weighted by atomic mass is 15.1. The lowest BCUT2D eigenvalue weighted by Gasteiger charge is -2.07. The van der Waals surface area contributed by atoms with Crippen LogP contribution in [0.1, 0.15) is 25.3 Å². The number of anilines is 2. The molecule has 2 aromatic rings. The van der Waals surface area contributed by atoms with Gasteiger partial charge in [0.25, 0.3) is 0 Å². The Balaban J connectivity index is 2.11. The summed E-state index contributed by atoms with van der Waals surface area (Å²) in [6.45, 7) is 4.35. The van der Waals surface area contributed by atoms with Crippen LogP contribution in [0.3, 0.4) is 0 Å². The maximum Gasteiger partial charge on any atom is 0.230 e. The van der Waals surface area contributed by atoms with Crippen molar-refractivity contribution in [3.05, 3.63) is 42.5 Å². The van der Waals surface area contributed by atoms with Gasteiger partial charge in [0.05, 0.1) is 0 Å². The van der Waals surface area contributed by atoms with Crippen molar-refractivity contribution in [1.29, 1.82) is 0 Å². The Labute approximate surface area is 94.8 Å². The van der Waals surface area contributed by atoms with Crippen LogP contribution in [-0.4, -0.2) is 15.0 Å². The molecular weight excluding hydrogens is 200 g/mol. The van der Waals surface area contributed by atoms with Crippen LogP contribution in [0.2, 0.25) is 0 Å². The molecule has 0 aliphatic heterocycles. The van der Waals surface area contributed by atoms with Gasteiger partial charge in [-0.1, -0.05) is 26.0 Å². The van der Waals surface area contributed by atoms with Crippen LogP contribution >= 0.6 is 0 Å². The molecule has 1 aromatic carbocycles. The zero-order valence-corrected chi connectivity index (χ0v) is 9.38. The van der Waals surface area contributed by atoms with Gasteiger partial charge in [-0.25, -0.2) is 15.0 Å². The molecule has 0 unspecified atom stereocenters. The smallest absolute Gasteiger partial charge is 0.230 e. The van der Waals surface area contributed by atoms with Crippen LogP contribution in [0.5, 0.6) is 0 Å². The van der Waals surface area contributed by atoms with Crippen molar-refractivity contribution < 1.29 is 0 Å². The van der Waals surface area contributed by atoms with Crippen molar-refractivity contribution in [2.24, 2.45) is 0 Å². The van der Waals surface area contributed by atoms with E-state index >= 15 is 0 Å². The van der Waals surface area contributed by atoms with Gasteiger partial charge in [0, 0.05) is 5.69 Å². The zero-order valence-electron chi connectivity index (χ0n) is 9.38. The minimum absolute atomic E-state index is 0.547. The summed E-state index contributed by atoms with van der Waals surface area (Å²) in [5.41, 5.74) is 2.30. The Morgan fingerprint density at radius 2 is 1.62 bits per heavy atom. The molecule has 0 saturated heterocycles. The summed E-state index contributed by atoms with van der Waals surface area (Å²) < 4.78 is 0. The van der Waals surface area contributed by atoms with E-state index in [4.69, 9.17) is 0 Å². The van der Waals surface area contributed by atoms with Crippen molar-refractivity contribution in [1.82, 2.24) is 15.0 Å². The SMILES string of the molecule is CC(C)c1ccc(Nc2ncncn2)cc1. The van der Waals surface area contributed by atoms with E-state index in [-0.39, 0.29) is 0 Å². The van der Waals surface area contributed by atoms with Crippen LogP contribution in [-0.2, 0) is 0 Å². The summed E-state index contributed by atoms with van der Waals surface area (Å²) in [6.07, 6.45) is 2.94. The van der Waals surface area contributed by atoms with Crippen LogP contribution in [0, 0.1) is 0 Å². The molecule has 0 amide bonds. The molecule has 1 N–H and O–H groups in total. The lowest BCUT2D eigenvalue weighted by molar-refractivity contribution is 0.867. The normalized spacial score (nSPS) is 10.4. The van der Waals surface area contributed by atoms with Gasteiger partial charge in [-0.2, -0.15) is 0 Å². The molecule has 1 heterocycles. The van der Waals surface area contributed by atoms with E-state index in [0.717, 1.165) is 5.69 Å². The first kappa shape index (κ1) is 10.5. The molecule has 0 atom stereocenters. The molecule has 0 bridgehead atoms. The van der Waals surface area contributed by atoms with Crippen LogP contribution in [0.25, 0.3) is 0 Å². The number of hydrogen-bond acceptors (Lipinski definition) is 4. The first-order valence-electron chi connectivity index (χ1n) is 5.24. The molecule has 82 valence electrons. The highest BCUT2D eigenvalue weighted by molar-refractivity contribution is 5.53. The second-order valence-electron chi connectivity index (χ2n) is 3.86. The van der Waals surface area contributed by atoms with Crippen molar-refractivity contribution >= 4 is 11.6 Å². The maximum atomic E-state index is 4.00. The number of nitrogens with zero attached hydrogens (tertiary/aromatic N) is 3. The topological polar surface area (TPSA) is 50.7 Å². The molecular formula is C12H14N4. The van der Waals surface area contributed by atoms with E-state index in [1.165, 1.54) is 18.2 Å². The monoisotopic (exact) mass is 214 g/mol. The average Bonchev–Trinajstić information content (AvgIpc) is 2.31. The Kier molecular flexibility index (Phi) is 3.10. The van der Waals surface area contributed by atoms with Crippen molar-refractivity contribution in [3.8, 4) is 0 Å². The molecule has 0 spiro atoms. The van der Waals surface area contributed by atoms with Gasteiger partial charge in [0.2, 0.25) is 5.95 Å². The van der Waals surface area contributed by atoms with Gasteiger partial charge in [-0.05, 0) is 23.6 Å². The summed E-state index contributed by atoms with van der Waals surface area (Å²) in [7, 11) is 0. The molecule has 0 fully saturated rings. The second kappa shape index (κ2) is 4.70. The molecule has 2 rings (SSSR count). The molecule has 0 saturated carbocycles. The van der Waals surface area contributed by atoms with E-state index in [9.17, 15) is 0 Å². The third kappa shape index (κ3) is 2.53. The van der Waals surface area contributed by atoms with E-state index in [2.05, 4.69) is 46.2 Å². The van der Waals surface area contributed by atoms with Gasteiger partial charge in [-0.15, -0.1) is 0 Å². The molecule has 0 aliphatic rings. The minimum atomic E-state index is 0.547. The molecule has 0 radical (unpaired) electrons. The summed E-state index contributed by atoms with van der Waals surface area (Å²) >= 11 is 0. The zero-order chi connectivity index (χ0) is 11.4. The first-order chi connectivity index (χ1) is 7.75. The Morgan fingerprint density at radius 3 is 2.19 bits per heavy atom. The standard InChI is InChI=1S/C12H14N4/c1-9(2)10-3-5-11(6-4-10)16-12-14-7-13-8-15-12/h3-9H,1-2H3,(H,13,14,15,16). The molecule has 16 heavy (non-hydrogen) atoms. The van der Waals surface area contributed by atoms with Crippen molar-refractivity contribution in [2.75, 3.05) is 5.32 Å². The third-order valence-corrected chi connectivity index (χ3v) is 2.33. The predicted octanol–water partition coefficient (Wildman–Crippen LogP) is 2.74. The fourth-order valence-corrected chi connectivity index (χ4v) is 1.38. The summed E-state index contributed by atoms with van der Waals surface area (Å²) in [6, 6.07) is 8.26. The van der Waals surface area contributed by atoms with Crippen LogP contribution in [0.15, 0.2) is 36.9 Å². The number of rotatable bonds is 3. The van der Waals surface area contributed by atoms with Gasteiger partial charge in [0.1, 0.15) is 12.7 Å². The summed E-state index contributed by atoms with van der Waals surface area (Å²) in [5, 5.41) is 3.11. The van der Waals surface area contributed by atoms with Crippen LogP contribution in [0.4, 0.5) is 11.6 Å². The number of benzene rings is 1. The molecule has 1 aromatic heterocycles. The predicted molar refractivity (Wildman–Crippen MR) is 63.6 cm³/mol. The van der Waals surface area contributed by atoms with Crippen LogP contribution < -0.4 is 5.32 Å². The fraction of sp³-hybridized carbons (Fsp3) is 0.250.